The molecular formula is C20H30N6O2. The molecule has 1 amide bonds. The quantitative estimate of drug-likeness (QED) is 0.848. The molecule has 1 N–H and O–H groups in total. The van der Waals surface area contributed by atoms with Crippen LogP contribution in [0.2, 0.25) is 0 Å². The van der Waals surface area contributed by atoms with E-state index in [4.69, 9.17) is 4.74 Å². The number of carbonyl (C=O) groups excluding carboxylic acids is 1. The van der Waals surface area contributed by atoms with Gasteiger partial charge in [0.25, 0.3) is 5.91 Å². The van der Waals surface area contributed by atoms with Gasteiger partial charge in [-0.15, -0.1) is 5.10 Å². The van der Waals surface area contributed by atoms with Crippen LogP contribution in [0.25, 0.3) is 0 Å². The van der Waals surface area contributed by atoms with Crippen LogP contribution in [0.4, 0.5) is 5.69 Å². The Morgan fingerprint density at radius 2 is 1.93 bits per heavy atom. The number of ether oxygens (including phenoxy) is 1. The number of nitrogens with zero attached hydrogens (tertiary/aromatic N) is 5. The first kappa shape index (κ1) is 20.1. The van der Waals surface area contributed by atoms with Crippen molar-refractivity contribution in [1.29, 1.82) is 0 Å². The fourth-order valence-corrected chi connectivity index (χ4v) is 3.06. The number of rotatable bonds is 5. The molecular weight excluding hydrogens is 356 g/mol. The lowest BCUT2D eigenvalue weighted by Crippen LogP contribution is -2.47. The van der Waals surface area contributed by atoms with Crippen molar-refractivity contribution in [3.63, 3.8) is 0 Å². The fraction of sp³-hybridized carbons (Fsp3) is 0.550. The smallest absolute Gasteiger partial charge is 0.254 e. The van der Waals surface area contributed by atoms with E-state index in [-0.39, 0.29) is 11.4 Å². The van der Waals surface area contributed by atoms with Gasteiger partial charge in [-0.25, -0.2) is 4.68 Å². The Labute approximate surface area is 166 Å². The van der Waals surface area contributed by atoms with Crippen LogP contribution in [0, 0.1) is 0 Å². The average Bonchev–Trinajstić information content (AvgIpc) is 3.16. The van der Waals surface area contributed by atoms with Crippen LogP contribution in [0.3, 0.4) is 0 Å². The van der Waals surface area contributed by atoms with E-state index in [0.29, 0.717) is 17.9 Å². The van der Waals surface area contributed by atoms with E-state index in [2.05, 4.69) is 48.3 Å². The summed E-state index contributed by atoms with van der Waals surface area (Å²) in [6.45, 7) is 10.0. The molecule has 1 fully saturated rings. The molecule has 3 rings (SSSR count). The molecule has 2 heterocycles. The Hall–Kier alpha value is -2.61. The van der Waals surface area contributed by atoms with Crippen molar-refractivity contribution in [2.45, 2.75) is 32.9 Å². The van der Waals surface area contributed by atoms with E-state index in [0.717, 1.165) is 37.6 Å². The minimum Gasteiger partial charge on any atom is -0.495 e. The maximum Gasteiger partial charge on any atom is 0.254 e. The number of hydrogen-bond donors (Lipinski definition) is 1. The first-order valence-corrected chi connectivity index (χ1v) is 9.59. The third-order valence-corrected chi connectivity index (χ3v) is 4.93. The van der Waals surface area contributed by atoms with Gasteiger partial charge < -0.3 is 19.9 Å². The third-order valence-electron chi connectivity index (χ3n) is 4.93. The highest BCUT2D eigenvalue weighted by Gasteiger charge is 2.21. The Bertz CT molecular complexity index is 818. The summed E-state index contributed by atoms with van der Waals surface area (Å²) in [6, 6.07) is 5.51. The predicted molar refractivity (Wildman–Crippen MR) is 109 cm³/mol. The zero-order valence-corrected chi connectivity index (χ0v) is 17.4. The van der Waals surface area contributed by atoms with Gasteiger partial charge in [-0.2, -0.15) is 0 Å². The largest absolute Gasteiger partial charge is 0.495 e. The molecule has 8 heteroatoms. The van der Waals surface area contributed by atoms with E-state index < -0.39 is 0 Å². The van der Waals surface area contributed by atoms with Crippen molar-refractivity contribution in [2.75, 3.05) is 45.7 Å². The lowest BCUT2D eigenvalue weighted by atomic mass is 10.1. The fourth-order valence-electron chi connectivity index (χ4n) is 3.06. The van der Waals surface area contributed by atoms with Gasteiger partial charge >= 0.3 is 0 Å². The molecule has 28 heavy (non-hydrogen) atoms. The zero-order chi connectivity index (χ0) is 20.3. The number of aromatic nitrogens is 3. The normalized spacial score (nSPS) is 15.5. The molecule has 0 atom stereocenters. The number of methoxy groups -OCH3 is 1. The lowest BCUT2D eigenvalue weighted by molar-refractivity contribution is 0.0664. The minimum absolute atomic E-state index is 0.0532. The van der Waals surface area contributed by atoms with Crippen molar-refractivity contribution in [3.8, 4) is 5.75 Å². The second kappa shape index (κ2) is 8.18. The van der Waals surface area contributed by atoms with Gasteiger partial charge in [0, 0.05) is 31.7 Å². The lowest BCUT2D eigenvalue weighted by Gasteiger charge is -2.32. The van der Waals surface area contributed by atoms with Crippen molar-refractivity contribution in [1.82, 2.24) is 24.8 Å². The van der Waals surface area contributed by atoms with Crippen LogP contribution in [-0.2, 0) is 12.1 Å². The van der Waals surface area contributed by atoms with Crippen LogP contribution in [0.1, 0.15) is 36.8 Å². The monoisotopic (exact) mass is 386 g/mol. The minimum atomic E-state index is -0.113. The van der Waals surface area contributed by atoms with Crippen molar-refractivity contribution in [2.24, 2.45) is 0 Å². The van der Waals surface area contributed by atoms with E-state index in [9.17, 15) is 4.79 Å². The third kappa shape index (κ3) is 4.62. The Balaban J connectivity index is 1.72. The van der Waals surface area contributed by atoms with E-state index >= 15 is 0 Å². The Kier molecular flexibility index (Phi) is 5.88. The number of carbonyl (C=O) groups is 1. The topological polar surface area (TPSA) is 75.5 Å². The molecule has 8 nitrogen and oxygen atoms in total. The van der Waals surface area contributed by atoms with Crippen LogP contribution in [-0.4, -0.2) is 71.0 Å². The number of amides is 1. The van der Waals surface area contributed by atoms with Crippen LogP contribution < -0.4 is 10.1 Å². The van der Waals surface area contributed by atoms with Crippen LogP contribution in [0.5, 0.6) is 5.75 Å². The van der Waals surface area contributed by atoms with Gasteiger partial charge in [-0.3, -0.25) is 4.79 Å². The van der Waals surface area contributed by atoms with Gasteiger partial charge in [0.15, 0.2) is 0 Å². The average molecular weight is 387 g/mol. The maximum atomic E-state index is 12.9. The summed E-state index contributed by atoms with van der Waals surface area (Å²) in [4.78, 5) is 17.0. The number of likely N-dealkylation sites (N-methyl/N-ethyl adjacent to an activating group) is 1. The summed E-state index contributed by atoms with van der Waals surface area (Å²) in [7, 11) is 3.70. The van der Waals surface area contributed by atoms with Gasteiger partial charge in [0.2, 0.25) is 0 Å². The molecule has 1 aromatic carbocycles. The standard InChI is InChI=1S/C20H30N6O2/c1-20(2,3)26-14-16(22-23-26)13-21-17-12-15(6-7-18(17)28-5)19(27)25-10-8-24(4)9-11-25/h6-7,12,14,21H,8-11,13H2,1-5H3. The summed E-state index contributed by atoms with van der Waals surface area (Å²) in [5.41, 5.74) is 2.14. The highest BCUT2D eigenvalue weighted by molar-refractivity contribution is 5.95. The molecule has 152 valence electrons. The summed E-state index contributed by atoms with van der Waals surface area (Å²) in [5.74, 6) is 0.746. The molecule has 0 aliphatic carbocycles. The molecule has 1 saturated heterocycles. The summed E-state index contributed by atoms with van der Waals surface area (Å²) >= 11 is 0. The number of nitrogens with one attached hydrogen (secondary N) is 1. The van der Waals surface area contributed by atoms with Gasteiger partial charge in [-0.1, -0.05) is 5.21 Å². The zero-order valence-electron chi connectivity index (χ0n) is 17.4. The van der Waals surface area contributed by atoms with Crippen LogP contribution in [0.15, 0.2) is 24.4 Å². The Morgan fingerprint density at radius 3 is 2.54 bits per heavy atom. The first-order valence-electron chi connectivity index (χ1n) is 9.59. The van der Waals surface area contributed by atoms with E-state index in [1.807, 2.05) is 34.0 Å². The molecule has 1 aliphatic rings. The van der Waals surface area contributed by atoms with E-state index in [1.54, 1.807) is 7.11 Å². The van der Waals surface area contributed by atoms with Crippen LogP contribution >= 0.6 is 0 Å². The van der Waals surface area contributed by atoms with Crippen molar-refractivity contribution >= 4 is 11.6 Å². The molecule has 2 aromatic rings. The first-order chi connectivity index (χ1) is 13.3. The summed E-state index contributed by atoms with van der Waals surface area (Å²) in [6.07, 6.45) is 1.93. The van der Waals surface area contributed by atoms with Crippen molar-refractivity contribution < 1.29 is 9.53 Å². The molecule has 0 spiro atoms. The number of anilines is 1. The number of benzene rings is 1. The Morgan fingerprint density at radius 1 is 1.21 bits per heavy atom. The number of piperazine rings is 1. The molecule has 0 unspecified atom stereocenters. The maximum absolute atomic E-state index is 12.9. The van der Waals surface area contributed by atoms with E-state index in [1.165, 1.54) is 0 Å². The molecule has 0 radical (unpaired) electrons. The highest BCUT2D eigenvalue weighted by Crippen LogP contribution is 2.27. The van der Waals surface area contributed by atoms with Gasteiger partial charge in [0.05, 0.1) is 31.1 Å². The molecule has 1 aliphatic heterocycles. The second-order valence-electron chi connectivity index (χ2n) is 8.19. The van der Waals surface area contributed by atoms with Gasteiger partial charge in [-0.05, 0) is 46.0 Å². The summed E-state index contributed by atoms with van der Waals surface area (Å²) in [5, 5.41) is 11.7. The SMILES string of the molecule is COc1ccc(C(=O)N2CCN(C)CC2)cc1NCc1cn(C(C)(C)C)nn1. The predicted octanol–water partition coefficient (Wildman–Crippen LogP) is 2.04. The molecule has 1 aromatic heterocycles. The summed E-state index contributed by atoms with van der Waals surface area (Å²) < 4.78 is 7.29. The molecule has 0 saturated carbocycles. The molecule has 0 bridgehead atoms. The second-order valence-corrected chi connectivity index (χ2v) is 8.19. The number of hydrogen-bond acceptors (Lipinski definition) is 6. The van der Waals surface area contributed by atoms with Crippen molar-refractivity contribution in [3.05, 3.63) is 35.7 Å². The highest BCUT2D eigenvalue weighted by atomic mass is 16.5. The van der Waals surface area contributed by atoms with Gasteiger partial charge in [0.1, 0.15) is 11.4 Å².